The number of para-hydroxylation sites is 2. The first kappa shape index (κ1) is 25.4. The normalized spacial score (nSPS) is 15.6. The van der Waals surface area contributed by atoms with Gasteiger partial charge in [0.2, 0.25) is 0 Å². The van der Waals surface area contributed by atoms with Gasteiger partial charge in [-0.05, 0) is 49.1 Å². The van der Waals surface area contributed by atoms with Gasteiger partial charge in [-0.3, -0.25) is 25.2 Å². The van der Waals surface area contributed by atoms with Crippen LogP contribution >= 0.6 is 0 Å². The Balaban J connectivity index is 1.35. The Morgan fingerprint density at radius 1 is 0.900 bits per heavy atom. The van der Waals surface area contributed by atoms with Crippen molar-refractivity contribution >= 4 is 39.5 Å². The monoisotopic (exact) mass is 533 g/mol. The number of rotatable bonds is 6. The number of benzene rings is 3. The number of hydrogen-bond acceptors (Lipinski definition) is 3. The van der Waals surface area contributed by atoms with Gasteiger partial charge in [-0.2, -0.15) is 0 Å². The van der Waals surface area contributed by atoms with E-state index in [1.807, 2.05) is 93.6 Å². The van der Waals surface area contributed by atoms with E-state index in [0.717, 1.165) is 38.6 Å². The quantitative estimate of drug-likeness (QED) is 0.220. The first-order chi connectivity index (χ1) is 19.3. The van der Waals surface area contributed by atoms with Crippen LogP contribution in [0.4, 0.5) is 0 Å². The number of aromatic amines is 2. The number of hydrogen-bond donors (Lipinski definition) is 4. The maximum absolute atomic E-state index is 14.0. The van der Waals surface area contributed by atoms with Gasteiger partial charge in [0.25, 0.3) is 17.7 Å². The number of carbonyl (C=O) groups excluding carboxylic acids is 3. The lowest BCUT2D eigenvalue weighted by Gasteiger charge is -2.34. The number of carbonyl (C=O) groups is 3. The van der Waals surface area contributed by atoms with Crippen LogP contribution in [0.3, 0.4) is 0 Å². The van der Waals surface area contributed by atoms with Gasteiger partial charge < -0.3 is 14.9 Å². The molecule has 0 radical (unpaired) electrons. The van der Waals surface area contributed by atoms with Crippen LogP contribution in [0.2, 0.25) is 0 Å². The third-order valence-electron chi connectivity index (χ3n) is 7.62. The minimum atomic E-state index is -0.819. The Kier molecular flexibility index (Phi) is 6.38. The first-order valence-electron chi connectivity index (χ1n) is 13.5. The molecule has 2 unspecified atom stereocenters. The molecule has 3 amide bonds. The van der Waals surface area contributed by atoms with Crippen molar-refractivity contribution in [3.05, 3.63) is 107 Å². The molecule has 0 bridgehead atoms. The van der Waals surface area contributed by atoms with Crippen molar-refractivity contribution in [1.82, 2.24) is 25.7 Å². The Morgan fingerprint density at radius 2 is 1.60 bits per heavy atom. The molecule has 0 saturated carbocycles. The predicted octanol–water partition coefficient (Wildman–Crippen LogP) is 5.38. The highest BCUT2D eigenvalue weighted by Gasteiger charge is 2.45. The molecule has 0 aliphatic carbocycles. The molecular formula is C32H31N5O3. The van der Waals surface area contributed by atoms with Gasteiger partial charge >= 0.3 is 0 Å². The average molecular weight is 534 g/mol. The number of fused-ring (bicyclic) bond motifs is 3. The molecule has 8 nitrogen and oxygen atoms in total. The number of nitrogens with zero attached hydrogens (tertiary/aromatic N) is 1. The average Bonchev–Trinajstić information content (AvgIpc) is 3.61. The lowest BCUT2D eigenvalue weighted by Crippen LogP contribution is -2.54. The fourth-order valence-corrected chi connectivity index (χ4v) is 5.86. The van der Waals surface area contributed by atoms with Gasteiger partial charge in [0, 0.05) is 38.6 Å². The summed E-state index contributed by atoms with van der Waals surface area (Å²) in [4.78, 5) is 48.9. The van der Waals surface area contributed by atoms with Gasteiger partial charge in [0.15, 0.2) is 0 Å². The molecule has 202 valence electrons. The molecule has 4 N–H and O–H groups in total. The Morgan fingerprint density at radius 3 is 2.38 bits per heavy atom. The fourth-order valence-electron chi connectivity index (χ4n) is 5.86. The van der Waals surface area contributed by atoms with Crippen molar-refractivity contribution in [2.24, 2.45) is 5.92 Å². The van der Waals surface area contributed by atoms with Gasteiger partial charge in [0.05, 0.1) is 6.04 Å². The zero-order valence-electron chi connectivity index (χ0n) is 22.6. The van der Waals surface area contributed by atoms with Crippen LogP contribution in [0.1, 0.15) is 64.0 Å². The highest BCUT2D eigenvalue weighted by molar-refractivity contribution is 6.04. The molecule has 2 atom stereocenters. The van der Waals surface area contributed by atoms with Crippen LogP contribution in [0.25, 0.3) is 21.8 Å². The zero-order chi connectivity index (χ0) is 28.0. The van der Waals surface area contributed by atoms with E-state index in [1.165, 1.54) is 0 Å². The van der Waals surface area contributed by atoms with Crippen molar-refractivity contribution in [2.45, 2.75) is 39.3 Å². The summed E-state index contributed by atoms with van der Waals surface area (Å²) in [5.74, 6) is -0.996. The molecular weight excluding hydrogens is 502 g/mol. The zero-order valence-corrected chi connectivity index (χ0v) is 22.6. The van der Waals surface area contributed by atoms with Gasteiger partial charge in [-0.1, -0.05) is 68.4 Å². The van der Waals surface area contributed by atoms with E-state index in [0.29, 0.717) is 17.7 Å². The summed E-state index contributed by atoms with van der Waals surface area (Å²) < 4.78 is 0. The van der Waals surface area contributed by atoms with Crippen LogP contribution in [0, 0.1) is 12.8 Å². The second-order valence-corrected chi connectivity index (χ2v) is 10.8. The molecule has 8 heteroatoms. The molecule has 40 heavy (non-hydrogen) atoms. The number of nitrogens with one attached hydrogen (secondary N) is 4. The third kappa shape index (κ3) is 4.31. The molecule has 2 aromatic heterocycles. The van der Waals surface area contributed by atoms with Crippen LogP contribution in [0.5, 0.6) is 0 Å². The number of aromatic nitrogens is 2. The molecule has 0 fully saturated rings. The summed E-state index contributed by atoms with van der Waals surface area (Å²) >= 11 is 0. The van der Waals surface area contributed by atoms with E-state index in [1.54, 1.807) is 11.0 Å². The maximum Gasteiger partial charge on any atom is 0.286 e. The Labute approximate surface area is 231 Å². The summed E-state index contributed by atoms with van der Waals surface area (Å²) in [6.07, 6.45) is 0.422. The van der Waals surface area contributed by atoms with Crippen LogP contribution in [-0.4, -0.2) is 38.6 Å². The maximum atomic E-state index is 14.0. The Bertz CT molecular complexity index is 1730. The highest BCUT2D eigenvalue weighted by atomic mass is 16.2. The Hall–Kier alpha value is -4.85. The molecule has 0 spiro atoms. The van der Waals surface area contributed by atoms with Crippen molar-refractivity contribution < 1.29 is 14.4 Å². The van der Waals surface area contributed by atoms with E-state index >= 15 is 0 Å². The molecule has 6 rings (SSSR count). The van der Waals surface area contributed by atoms with Gasteiger partial charge in [-0.25, -0.2) is 0 Å². The number of hydrazine groups is 1. The lowest BCUT2D eigenvalue weighted by atomic mass is 9.93. The van der Waals surface area contributed by atoms with Crippen LogP contribution < -0.4 is 10.9 Å². The number of H-pyrrole nitrogens is 2. The summed E-state index contributed by atoms with van der Waals surface area (Å²) in [7, 11) is 0. The van der Waals surface area contributed by atoms with Crippen molar-refractivity contribution in [3.8, 4) is 0 Å². The fraction of sp³-hybridized carbons (Fsp3) is 0.219. The van der Waals surface area contributed by atoms with Crippen molar-refractivity contribution in [2.75, 3.05) is 0 Å². The van der Waals surface area contributed by atoms with Gasteiger partial charge in [0.1, 0.15) is 11.7 Å². The summed E-state index contributed by atoms with van der Waals surface area (Å²) in [6, 6.07) is 23.6. The topological polar surface area (TPSA) is 110 Å². The standard InChI is InChI=1S/C32H31N5O3/c1-18(2)16-27(31(39)36-35-30(38)26-17-20-10-4-8-14-24(20)34-26)37-29(21-11-5-6-12-22(21)32(37)40)28-19(3)33-25-15-9-7-13-23(25)28/h4-15,17-18,27,29,33-34H,16H2,1-3H3,(H,35,38)(H,36,39). The second kappa shape index (κ2) is 10.0. The molecule has 0 saturated heterocycles. The van der Waals surface area contributed by atoms with Crippen LogP contribution in [0.15, 0.2) is 78.9 Å². The second-order valence-electron chi connectivity index (χ2n) is 10.8. The van der Waals surface area contributed by atoms with E-state index in [-0.39, 0.29) is 11.8 Å². The molecule has 1 aliphatic heterocycles. The van der Waals surface area contributed by atoms with Crippen molar-refractivity contribution in [3.63, 3.8) is 0 Å². The van der Waals surface area contributed by atoms with E-state index in [4.69, 9.17) is 0 Å². The molecule has 5 aromatic rings. The predicted molar refractivity (Wildman–Crippen MR) is 155 cm³/mol. The number of aryl methyl sites for hydroxylation is 1. The van der Waals surface area contributed by atoms with Crippen molar-refractivity contribution in [1.29, 1.82) is 0 Å². The van der Waals surface area contributed by atoms with E-state index in [9.17, 15) is 14.4 Å². The lowest BCUT2D eigenvalue weighted by molar-refractivity contribution is -0.127. The molecule has 1 aliphatic rings. The first-order valence-corrected chi connectivity index (χ1v) is 13.5. The SMILES string of the molecule is Cc1[nH]c2ccccc2c1C1c2ccccc2C(=O)N1C(CC(C)C)C(=O)NNC(=O)c1cc2ccccc2[nH]1. The van der Waals surface area contributed by atoms with E-state index < -0.39 is 23.9 Å². The summed E-state index contributed by atoms with van der Waals surface area (Å²) in [6.45, 7) is 6.03. The summed E-state index contributed by atoms with van der Waals surface area (Å²) in [5.41, 5.74) is 10.7. The largest absolute Gasteiger partial charge is 0.358 e. The minimum absolute atomic E-state index is 0.112. The number of amides is 3. The third-order valence-corrected chi connectivity index (χ3v) is 7.62. The molecule has 3 heterocycles. The highest BCUT2D eigenvalue weighted by Crippen LogP contribution is 2.44. The minimum Gasteiger partial charge on any atom is -0.358 e. The van der Waals surface area contributed by atoms with Gasteiger partial charge in [-0.15, -0.1) is 0 Å². The summed E-state index contributed by atoms with van der Waals surface area (Å²) in [5, 5.41) is 1.91. The smallest absolute Gasteiger partial charge is 0.286 e. The van der Waals surface area contributed by atoms with Crippen LogP contribution in [-0.2, 0) is 4.79 Å². The van der Waals surface area contributed by atoms with E-state index in [2.05, 4.69) is 20.8 Å². The molecule has 3 aromatic carbocycles.